The van der Waals surface area contributed by atoms with E-state index < -0.39 is 5.54 Å². The summed E-state index contributed by atoms with van der Waals surface area (Å²) in [6.45, 7) is 8.62. The summed E-state index contributed by atoms with van der Waals surface area (Å²) in [4.78, 5) is 26.5. The Morgan fingerprint density at radius 3 is 2.36 bits per heavy atom. The Morgan fingerprint density at radius 2 is 1.68 bits per heavy atom. The van der Waals surface area contributed by atoms with Gasteiger partial charge < -0.3 is 0 Å². The Morgan fingerprint density at radius 1 is 1.00 bits per heavy atom. The molecular weight excluding hydrogens is 314 g/mol. The molecule has 1 aromatic heterocycles. The van der Waals surface area contributed by atoms with Gasteiger partial charge in [-0.1, -0.05) is 48.4 Å². The van der Waals surface area contributed by atoms with Crippen LogP contribution >= 0.6 is 0 Å². The van der Waals surface area contributed by atoms with Crippen molar-refractivity contribution in [2.75, 3.05) is 0 Å². The smallest absolute Gasteiger partial charge is 0.245 e. The zero-order valence-corrected chi connectivity index (χ0v) is 14.9. The number of hydrogen-bond donors (Lipinski definition) is 0. The lowest BCUT2D eigenvalue weighted by Gasteiger charge is -2.65. The molecule has 4 aliphatic rings. The van der Waals surface area contributed by atoms with E-state index in [1.807, 2.05) is 18.2 Å². The molecule has 6 rings (SSSR count). The van der Waals surface area contributed by atoms with Crippen molar-refractivity contribution in [1.29, 1.82) is 0 Å². The van der Waals surface area contributed by atoms with Crippen molar-refractivity contribution in [3.8, 4) is 5.69 Å². The van der Waals surface area contributed by atoms with Gasteiger partial charge in [-0.15, -0.1) is 0 Å². The molecule has 3 heterocycles. The molecule has 4 atom stereocenters. The normalized spacial score (nSPS) is 34.7. The highest BCUT2D eigenvalue weighted by Gasteiger charge is 2.66. The summed E-state index contributed by atoms with van der Waals surface area (Å²) in [5.74, 6) is 0.270. The molecule has 2 aromatic rings. The molecule has 0 unspecified atom stereocenters. The third-order valence-electron chi connectivity index (χ3n) is 7.18. The number of para-hydroxylation sites is 1. The maximum Gasteiger partial charge on any atom is 0.352 e. The average Bonchev–Trinajstić information content (AvgIpc) is 2.89. The van der Waals surface area contributed by atoms with E-state index in [1.54, 1.807) is 21.5 Å². The predicted molar refractivity (Wildman–Crippen MR) is 96.1 cm³/mol. The Bertz CT molecular complexity index is 1100. The van der Waals surface area contributed by atoms with E-state index in [0.717, 1.165) is 0 Å². The van der Waals surface area contributed by atoms with Gasteiger partial charge in [-0.3, -0.25) is 0 Å². The maximum atomic E-state index is 13.3. The second kappa shape index (κ2) is 4.15. The fourth-order valence-electron chi connectivity index (χ4n) is 5.54. The predicted octanol–water partition coefficient (Wildman–Crippen LogP) is 2.61. The highest BCUT2D eigenvalue weighted by Crippen LogP contribution is 2.67. The fraction of sp³-hybridized carbons (Fsp3) is 0.400. The number of hydrogen-bond acceptors (Lipinski definition) is 2. The molecule has 0 saturated carbocycles. The Hall–Kier alpha value is -2.56. The lowest BCUT2D eigenvalue weighted by Crippen LogP contribution is -2.67. The summed E-state index contributed by atoms with van der Waals surface area (Å²) in [6, 6.07) is 9.08. The van der Waals surface area contributed by atoms with Crippen molar-refractivity contribution < 1.29 is 0 Å². The molecule has 25 heavy (non-hydrogen) atoms. The van der Waals surface area contributed by atoms with Crippen LogP contribution in [0, 0.1) is 11.3 Å². The summed E-state index contributed by atoms with van der Waals surface area (Å²) in [5.41, 5.74) is 2.13. The van der Waals surface area contributed by atoms with Crippen LogP contribution in [0.5, 0.6) is 0 Å². The molecule has 5 heteroatoms. The van der Waals surface area contributed by atoms with Gasteiger partial charge in [0.1, 0.15) is 0 Å². The first kappa shape index (κ1) is 14.8. The van der Waals surface area contributed by atoms with Gasteiger partial charge in [0.05, 0.1) is 17.3 Å². The lowest BCUT2D eigenvalue weighted by atomic mass is 9.45. The van der Waals surface area contributed by atoms with E-state index in [1.165, 1.54) is 15.7 Å². The summed E-state index contributed by atoms with van der Waals surface area (Å²) in [6.07, 6.45) is 4.23. The summed E-state index contributed by atoms with van der Waals surface area (Å²) >= 11 is 0. The van der Waals surface area contributed by atoms with E-state index in [0.29, 0.717) is 5.69 Å². The number of aromatic nitrogens is 3. The standard InChI is InChI=1S/C20H21N3O2/c1-12-13(2)20(4)16(12)15-10-11-19(20,3)23-18(25)21(17(24)22(15)23)14-8-6-5-7-9-14/h5-11,15-16H,1-4H3/t15-,16-,19-,20+/m0/s1. The quantitative estimate of drug-likeness (QED) is 0.752. The van der Waals surface area contributed by atoms with Crippen molar-refractivity contribution in [2.45, 2.75) is 39.3 Å². The summed E-state index contributed by atoms with van der Waals surface area (Å²) in [7, 11) is 0. The van der Waals surface area contributed by atoms with Gasteiger partial charge >= 0.3 is 11.4 Å². The first-order chi connectivity index (χ1) is 11.8. The van der Waals surface area contributed by atoms with Crippen LogP contribution in [0.2, 0.25) is 0 Å². The minimum Gasteiger partial charge on any atom is -0.245 e. The van der Waals surface area contributed by atoms with Crippen LogP contribution in [-0.4, -0.2) is 13.9 Å². The molecule has 0 saturated heterocycles. The molecule has 0 amide bonds. The van der Waals surface area contributed by atoms with Gasteiger partial charge in [0, 0.05) is 11.3 Å². The van der Waals surface area contributed by atoms with Gasteiger partial charge in [0.15, 0.2) is 0 Å². The fourth-order valence-corrected chi connectivity index (χ4v) is 5.54. The van der Waals surface area contributed by atoms with E-state index in [4.69, 9.17) is 0 Å². The van der Waals surface area contributed by atoms with Crippen LogP contribution < -0.4 is 11.4 Å². The number of allylic oxidation sites excluding steroid dienone is 4. The second-order valence-corrected chi connectivity index (χ2v) is 7.88. The van der Waals surface area contributed by atoms with Gasteiger partial charge in [-0.05, 0) is 32.9 Å². The first-order valence-corrected chi connectivity index (χ1v) is 8.73. The maximum absolute atomic E-state index is 13.3. The van der Waals surface area contributed by atoms with Gasteiger partial charge in [-0.2, -0.15) is 0 Å². The highest BCUT2D eigenvalue weighted by molar-refractivity contribution is 5.47. The van der Waals surface area contributed by atoms with E-state index >= 15 is 0 Å². The molecular formula is C20H21N3O2. The lowest BCUT2D eigenvalue weighted by molar-refractivity contribution is -0.0328. The van der Waals surface area contributed by atoms with Crippen LogP contribution in [0.1, 0.15) is 33.7 Å². The molecule has 1 aromatic carbocycles. The average molecular weight is 335 g/mol. The molecule has 2 bridgehead atoms. The van der Waals surface area contributed by atoms with Crippen LogP contribution in [-0.2, 0) is 5.54 Å². The zero-order chi connectivity index (χ0) is 17.7. The number of rotatable bonds is 1. The minimum absolute atomic E-state index is 0.0966. The molecule has 0 spiro atoms. The van der Waals surface area contributed by atoms with E-state index in [2.05, 4.69) is 39.8 Å². The molecule has 0 N–H and O–H groups in total. The third kappa shape index (κ3) is 1.32. The Labute approximate surface area is 145 Å². The summed E-state index contributed by atoms with van der Waals surface area (Å²) in [5, 5.41) is 0. The Balaban J connectivity index is 1.87. The minimum atomic E-state index is -0.535. The highest BCUT2D eigenvalue weighted by atomic mass is 16.2. The first-order valence-electron chi connectivity index (χ1n) is 8.73. The van der Waals surface area contributed by atoms with Crippen molar-refractivity contribution in [3.63, 3.8) is 0 Å². The molecule has 2 aliphatic heterocycles. The van der Waals surface area contributed by atoms with Crippen LogP contribution in [0.3, 0.4) is 0 Å². The molecule has 128 valence electrons. The van der Waals surface area contributed by atoms with Crippen molar-refractivity contribution in [3.05, 3.63) is 74.6 Å². The Kier molecular flexibility index (Phi) is 2.45. The van der Waals surface area contributed by atoms with E-state index in [-0.39, 0.29) is 28.8 Å². The second-order valence-electron chi connectivity index (χ2n) is 7.88. The molecule has 5 nitrogen and oxygen atoms in total. The third-order valence-corrected chi connectivity index (χ3v) is 7.18. The van der Waals surface area contributed by atoms with Crippen LogP contribution in [0.15, 0.2) is 63.2 Å². The number of nitrogens with zero attached hydrogens (tertiary/aromatic N) is 3. The molecule has 2 aliphatic carbocycles. The largest absolute Gasteiger partial charge is 0.352 e. The van der Waals surface area contributed by atoms with Crippen molar-refractivity contribution >= 4 is 0 Å². The van der Waals surface area contributed by atoms with Crippen LogP contribution in [0.4, 0.5) is 0 Å². The molecule has 0 radical (unpaired) electrons. The van der Waals surface area contributed by atoms with Gasteiger partial charge in [0.2, 0.25) is 0 Å². The molecule has 0 fully saturated rings. The van der Waals surface area contributed by atoms with E-state index in [9.17, 15) is 9.59 Å². The van der Waals surface area contributed by atoms with Crippen LogP contribution in [0.25, 0.3) is 5.69 Å². The zero-order valence-electron chi connectivity index (χ0n) is 14.9. The van der Waals surface area contributed by atoms with Crippen molar-refractivity contribution in [1.82, 2.24) is 13.9 Å². The monoisotopic (exact) mass is 335 g/mol. The number of benzene rings is 1. The van der Waals surface area contributed by atoms with Gasteiger partial charge in [-0.25, -0.2) is 23.5 Å². The van der Waals surface area contributed by atoms with Crippen molar-refractivity contribution in [2.24, 2.45) is 11.3 Å². The summed E-state index contributed by atoms with van der Waals surface area (Å²) < 4.78 is 4.67. The SMILES string of the molecule is CC1=C(C)[C@]2(C)[C@@H]1[C@@H]1C=C[C@]2(C)n2c(=O)n(-c3ccccc3)c(=O)n21. The topological polar surface area (TPSA) is 48.9 Å². The van der Waals surface area contributed by atoms with Gasteiger partial charge in [0.25, 0.3) is 0 Å².